The lowest BCUT2D eigenvalue weighted by molar-refractivity contribution is 0.100. The Morgan fingerprint density at radius 3 is 2.77 bits per heavy atom. The van der Waals surface area contributed by atoms with Gasteiger partial charge in [-0.15, -0.1) is 0 Å². The summed E-state index contributed by atoms with van der Waals surface area (Å²) in [6.45, 7) is 4.00. The summed E-state index contributed by atoms with van der Waals surface area (Å²) >= 11 is 0. The molecular weight excluding hydrogens is 278 g/mol. The molecule has 4 rings (SSSR count). The normalized spacial score (nSPS) is 14.9. The second-order valence-electron chi connectivity index (χ2n) is 5.76. The molecule has 2 aromatic heterocycles. The van der Waals surface area contributed by atoms with Gasteiger partial charge in [0.05, 0.1) is 18.8 Å². The molecule has 1 aliphatic heterocycles. The van der Waals surface area contributed by atoms with E-state index in [-0.39, 0.29) is 0 Å². The molecule has 0 spiro atoms. The third-order valence-electron chi connectivity index (χ3n) is 3.84. The minimum absolute atomic E-state index is 0.540. The molecule has 0 saturated carbocycles. The first-order valence-electron chi connectivity index (χ1n) is 7.08. The lowest BCUT2D eigenvalue weighted by Gasteiger charge is -2.33. The maximum atomic E-state index is 6.12. The van der Waals surface area contributed by atoms with Crippen molar-refractivity contribution in [3.63, 3.8) is 0 Å². The van der Waals surface area contributed by atoms with E-state index in [1.165, 1.54) is 0 Å². The SMILES string of the molecule is COc1ccc2c(c1)-c1nc3cnccc3nc1C(C)(C)O2. The molecule has 22 heavy (non-hydrogen) atoms. The van der Waals surface area contributed by atoms with Crippen LogP contribution in [0.3, 0.4) is 0 Å². The summed E-state index contributed by atoms with van der Waals surface area (Å²) in [5.74, 6) is 1.55. The van der Waals surface area contributed by atoms with Gasteiger partial charge in [0.2, 0.25) is 0 Å². The highest BCUT2D eigenvalue weighted by Gasteiger charge is 2.35. The Morgan fingerprint density at radius 1 is 1.09 bits per heavy atom. The molecule has 0 aliphatic carbocycles. The summed E-state index contributed by atoms with van der Waals surface area (Å²) in [6.07, 6.45) is 3.45. The summed E-state index contributed by atoms with van der Waals surface area (Å²) in [7, 11) is 1.65. The van der Waals surface area contributed by atoms with Gasteiger partial charge in [-0.3, -0.25) is 4.98 Å². The first-order valence-corrected chi connectivity index (χ1v) is 7.08. The number of nitrogens with zero attached hydrogens (tertiary/aromatic N) is 3. The van der Waals surface area contributed by atoms with Gasteiger partial charge in [0.15, 0.2) is 0 Å². The van der Waals surface area contributed by atoms with E-state index in [9.17, 15) is 0 Å². The van der Waals surface area contributed by atoms with Crippen LogP contribution in [0.4, 0.5) is 0 Å². The van der Waals surface area contributed by atoms with Crippen molar-refractivity contribution < 1.29 is 9.47 Å². The molecule has 0 bridgehead atoms. The van der Waals surface area contributed by atoms with Gasteiger partial charge in [0, 0.05) is 11.8 Å². The minimum atomic E-state index is -0.540. The Kier molecular flexibility index (Phi) is 2.60. The first-order chi connectivity index (χ1) is 10.6. The van der Waals surface area contributed by atoms with E-state index in [1.54, 1.807) is 19.5 Å². The van der Waals surface area contributed by atoms with Crippen LogP contribution < -0.4 is 9.47 Å². The van der Waals surface area contributed by atoms with Crippen molar-refractivity contribution in [2.75, 3.05) is 7.11 Å². The van der Waals surface area contributed by atoms with Gasteiger partial charge in [-0.05, 0) is 38.1 Å². The van der Waals surface area contributed by atoms with Gasteiger partial charge in [-0.1, -0.05) is 0 Å². The zero-order valence-electron chi connectivity index (χ0n) is 12.6. The average Bonchev–Trinajstić information content (AvgIpc) is 2.53. The standard InChI is InChI=1S/C17H15N3O2/c1-17(2)16-15(19-13-9-18-7-6-12(13)20-16)11-8-10(21-3)4-5-14(11)22-17/h4-9H,1-3H3. The molecule has 0 fully saturated rings. The first kappa shape index (κ1) is 13.0. The Balaban J connectivity index is 2.06. The van der Waals surface area contributed by atoms with E-state index in [4.69, 9.17) is 19.4 Å². The molecule has 1 aromatic carbocycles. The second kappa shape index (κ2) is 4.40. The highest BCUT2D eigenvalue weighted by Crippen LogP contribution is 2.44. The van der Waals surface area contributed by atoms with Gasteiger partial charge in [-0.2, -0.15) is 0 Å². The van der Waals surface area contributed by atoms with Crippen molar-refractivity contribution in [1.29, 1.82) is 0 Å². The summed E-state index contributed by atoms with van der Waals surface area (Å²) in [4.78, 5) is 13.7. The molecule has 0 atom stereocenters. The van der Waals surface area contributed by atoms with Crippen molar-refractivity contribution in [3.05, 3.63) is 42.4 Å². The number of methoxy groups -OCH3 is 1. The Labute approximate surface area is 128 Å². The number of hydrogen-bond acceptors (Lipinski definition) is 5. The molecular formula is C17H15N3O2. The number of rotatable bonds is 1. The maximum absolute atomic E-state index is 6.12. The van der Waals surface area contributed by atoms with E-state index in [2.05, 4.69) is 4.98 Å². The number of ether oxygens (including phenoxy) is 2. The molecule has 0 saturated heterocycles. The number of aromatic nitrogens is 3. The second-order valence-corrected chi connectivity index (χ2v) is 5.76. The van der Waals surface area contributed by atoms with Crippen molar-refractivity contribution in [3.8, 4) is 22.8 Å². The third-order valence-corrected chi connectivity index (χ3v) is 3.84. The van der Waals surface area contributed by atoms with Crippen LogP contribution in [0.5, 0.6) is 11.5 Å². The molecule has 0 radical (unpaired) electrons. The highest BCUT2D eigenvalue weighted by atomic mass is 16.5. The van der Waals surface area contributed by atoms with Crippen LogP contribution >= 0.6 is 0 Å². The van der Waals surface area contributed by atoms with E-state index in [1.807, 2.05) is 38.1 Å². The molecule has 3 aromatic rings. The fourth-order valence-corrected chi connectivity index (χ4v) is 2.75. The number of hydrogen-bond donors (Lipinski definition) is 0. The molecule has 5 heteroatoms. The van der Waals surface area contributed by atoms with Crippen LogP contribution in [0.25, 0.3) is 22.3 Å². The number of fused-ring (bicyclic) bond motifs is 4. The predicted molar refractivity (Wildman–Crippen MR) is 83.0 cm³/mol. The lowest BCUT2D eigenvalue weighted by atomic mass is 9.94. The van der Waals surface area contributed by atoms with Crippen molar-refractivity contribution in [1.82, 2.24) is 15.0 Å². The topological polar surface area (TPSA) is 57.1 Å². The smallest absolute Gasteiger partial charge is 0.147 e. The van der Waals surface area contributed by atoms with Crippen LogP contribution in [0, 0.1) is 0 Å². The van der Waals surface area contributed by atoms with E-state index < -0.39 is 5.60 Å². The van der Waals surface area contributed by atoms with Crippen molar-refractivity contribution in [2.45, 2.75) is 19.4 Å². The fourth-order valence-electron chi connectivity index (χ4n) is 2.75. The minimum Gasteiger partial charge on any atom is -0.497 e. The van der Waals surface area contributed by atoms with E-state index in [0.29, 0.717) is 0 Å². The van der Waals surface area contributed by atoms with Gasteiger partial charge in [-0.25, -0.2) is 9.97 Å². The third kappa shape index (κ3) is 1.82. The fraction of sp³-hybridized carbons (Fsp3) is 0.235. The van der Waals surface area contributed by atoms with Crippen molar-refractivity contribution >= 4 is 11.0 Å². The zero-order chi connectivity index (χ0) is 15.3. The van der Waals surface area contributed by atoms with E-state index >= 15 is 0 Å². The zero-order valence-corrected chi connectivity index (χ0v) is 12.6. The molecule has 0 unspecified atom stereocenters. The Morgan fingerprint density at radius 2 is 1.95 bits per heavy atom. The molecule has 0 N–H and O–H groups in total. The molecule has 0 amide bonds. The molecule has 3 heterocycles. The van der Waals surface area contributed by atoms with Crippen LogP contribution in [0.2, 0.25) is 0 Å². The predicted octanol–water partition coefficient (Wildman–Crippen LogP) is 3.33. The van der Waals surface area contributed by atoms with Crippen LogP contribution in [0.15, 0.2) is 36.7 Å². The maximum Gasteiger partial charge on any atom is 0.147 e. The highest BCUT2D eigenvalue weighted by molar-refractivity contribution is 5.81. The van der Waals surface area contributed by atoms with Crippen molar-refractivity contribution in [2.24, 2.45) is 0 Å². The quantitative estimate of drug-likeness (QED) is 0.689. The molecule has 110 valence electrons. The Bertz CT molecular complexity index is 890. The number of pyridine rings is 1. The van der Waals surface area contributed by atoms with Gasteiger partial charge >= 0.3 is 0 Å². The lowest BCUT2D eigenvalue weighted by Crippen LogP contribution is -2.31. The van der Waals surface area contributed by atoms with Gasteiger partial charge < -0.3 is 9.47 Å². The number of benzene rings is 1. The summed E-state index contributed by atoms with van der Waals surface area (Å²) in [5, 5.41) is 0. The largest absolute Gasteiger partial charge is 0.497 e. The van der Waals surface area contributed by atoms with Crippen LogP contribution in [0.1, 0.15) is 19.5 Å². The average molecular weight is 293 g/mol. The van der Waals surface area contributed by atoms with Gasteiger partial charge in [0.1, 0.15) is 34.0 Å². The van der Waals surface area contributed by atoms with E-state index in [0.717, 1.165) is 39.5 Å². The summed E-state index contributed by atoms with van der Waals surface area (Å²) < 4.78 is 11.4. The molecule has 1 aliphatic rings. The summed E-state index contributed by atoms with van der Waals surface area (Å²) in [5.41, 5.74) is 3.59. The summed E-state index contributed by atoms with van der Waals surface area (Å²) in [6, 6.07) is 7.59. The van der Waals surface area contributed by atoms with Gasteiger partial charge in [0.25, 0.3) is 0 Å². The monoisotopic (exact) mass is 293 g/mol. The Hall–Kier alpha value is -2.69. The molecule has 5 nitrogen and oxygen atoms in total. The van der Waals surface area contributed by atoms with Crippen LogP contribution in [-0.4, -0.2) is 22.1 Å². The van der Waals surface area contributed by atoms with Crippen LogP contribution in [-0.2, 0) is 5.60 Å².